The summed E-state index contributed by atoms with van der Waals surface area (Å²) in [6.45, 7) is 0.269. The fourth-order valence-electron chi connectivity index (χ4n) is 1.02. The van der Waals surface area contributed by atoms with Crippen LogP contribution < -0.4 is 4.74 Å². The van der Waals surface area contributed by atoms with E-state index in [-0.39, 0.29) is 12.8 Å². The molecular formula is C9H12ClO4P. The Morgan fingerprint density at radius 3 is 2.73 bits per heavy atom. The largest absolute Gasteiger partial charge is 0.494 e. The Hall–Kier alpha value is -0.540. The molecule has 0 aliphatic carbocycles. The molecule has 0 bridgehead atoms. The van der Waals surface area contributed by atoms with E-state index in [1.807, 2.05) is 0 Å². The van der Waals surface area contributed by atoms with Gasteiger partial charge in [-0.2, -0.15) is 0 Å². The maximum absolute atomic E-state index is 10.5. The van der Waals surface area contributed by atoms with E-state index in [4.69, 9.17) is 26.1 Å². The summed E-state index contributed by atoms with van der Waals surface area (Å²) < 4.78 is 15.8. The van der Waals surface area contributed by atoms with Crippen molar-refractivity contribution in [1.29, 1.82) is 0 Å². The van der Waals surface area contributed by atoms with Gasteiger partial charge in [-0.25, -0.2) is 0 Å². The second-order valence-corrected chi connectivity index (χ2v) is 5.26. The number of benzene rings is 1. The van der Waals surface area contributed by atoms with Crippen molar-refractivity contribution in [2.45, 2.75) is 6.42 Å². The summed E-state index contributed by atoms with van der Waals surface area (Å²) in [5.74, 6) is 0.605. The lowest BCUT2D eigenvalue weighted by atomic mass is 10.3. The molecule has 0 aliphatic rings. The third kappa shape index (κ3) is 5.80. The lowest BCUT2D eigenvalue weighted by molar-refractivity contribution is 0.309. The molecule has 0 aromatic heterocycles. The maximum Gasteiger partial charge on any atom is 0.325 e. The van der Waals surface area contributed by atoms with Crippen LogP contribution in [0.3, 0.4) is 0 Å². The minimum Gasteiger partial charge on any atom is -0.494 e. The average Bonchev–Trinajstić information content (AvgIpc) is 2.11. The first kappa shape index (κ1) is 12.5. The van der Waals surface area contributed by atoms with Gasteiger partial charge in [0.15, 0.2) is 0 Å². The maximum atomic E-state index is 10.5. The Kier molecular flexibility index (Phi) is 4.61. The molecule has 15 heavy (non-hydrogen) atoms. The normalized spacial score (nSPS) is 11.4. The first-order valence-corrected chi connectivity index (χ1v) is 6.58. The zero-order valence-corrected chi connectivity index (χ0v) is 9.62. The average molecular weight is 251 g/mol. The van der Waals surface area contributed by atoms with Gasteiger partial charge in [-0.3, -0.25) is 4.57 Å². The lowest BCUT2D eigenvalue weighted by Crippen LogP contribution is -2.00. The van der Waals surface area contributed by atoms with Crippen LogP contribution in [0.25, 0.3) is 0 Å². The Labute approximate surface area is 93.0 Å². The number of halogens is 1. The van der Waals surface area contributed by atoms with Crippen molar-refractivity contribution < 1.29 is 19.1 Å². The van der Waals surface area contributed by atoms with Gasteiger partial charge in [0, 0.05) is 5.02 Å². The highest BCUT2D eigenvalue weighted by atomic mass is 35.5. The third-order valence-electron chi connectivity index (χ3n) is 1.66. The zero-order valence-electron chi connectivity index (χ0n) is 7.97. The topological polar surface area (TPSA) is 66.8 Å². The Balaban J connectivity index is 2.29. The van der Waals surface area contributed by atoms with E-state index in [2.05, 4.69) is 0 Å². The van der Waals surface area contributed by atoms with Crippen LogP contribution in [0.15, 0.2) is 24.3 Å². The molecule has 1 rings (SSSR count). The summed E-state index contributed by atoms with van der Waals surface area (Å²) in [7, 11) is -3.90. The quantitative estimate of drug-likeness (QED) is 0.622. The van der Waals surface area contributed by atoms with Crippen molar-refractivity contribution in [1.82, 2.24) is 0 Å². The third-order valence-corrected chi connectivity index (χ3v) is 2.79. The number of hydrogen-bond acceptors (Lipinski definition) is 2. The minimum absolute atomic E-state index is 0.159. The van der Waals surface area contributed by atoms with E-state index in [1.54, 1.807) is 24.3 Å². The van der Waals surface area contributed by atoms with Gasteiger partial charge in [0.05, 0.1) is 12.8 Å². The number of rotatable bonds is 5. The fraction of sp³-hybridized carbons (Fsp3) is 0.333. The predicted octanol–water partition coefficient (Wildman–Crippen LogP) is 2.29. The van der Waals surface area contributed by atoms with Crippen molar-refractivity contribution >= 4 is 19.2 Å². The van der Waals surface area contributed by atoms with Gasteiger partial charge in [-0.15, -0.1) is 0 Å². The van der Waals surface area contributed by atoms with Crippen LogP contribution in [0.2, 0.25) is 5.02 Å². The standard InChI is InChI=1S/C9H12ClO4P/c10-8-3-1-4-9(7-8)14-5-2-6-15(11,12)13/h1,3-4,7H,2,5-6H2,(H2,11,12,13). The van der Waals surface area contributed by atoms with E-state index < -0.39 is 7.60 Å². The Morgan fingerprint density at radius 2 is 2.13 bits per heavy atom. The van der Waals surface area contributed by atoms with E-state index in [0.717, 1.165) is 0 Å². The molecule has 4 nitrogen and oxygen atoms in total. The highest BCUT2D eigenvalue weighted by Gasteiger charge is 2.11. The molecule has 6 heteroatoms. The van der Waals surface area contributed by atoms with E-state index in [0.29, 0.717) is 17.2 Å². The minimum atomic E-state index is -3.90. The molecule has 0 saturated heterocycles. The van der Waals surface area contributed by atoms with Gasteiger partial charge >= 0.3 is 7.60 Å². The van der Waals surface area contributed by atoms with Crippen LogP contribution in [0.4, 0.5) is 0 Å². The molecule has 0 heterocycles. The molecule has 0 aliphatic heterocycles. The molecule has 1 aromatic carbocycles. The van der Waals surface area contributed by atoms with Crippen LogP contribution in [0.5, 0.6) is 5.75 Å². The van der Waals surface area contributed by atoms with Crippen molar-refractivity contribution in [2.75, 3.05) is 12.8 Å². The van der Waals surface area contributed by atoms with Crippen molar-refractivity contribution in [3.8, 4) is 5.75 Å². The smallest absolute Gasteiger partial charge is 0.325 e. The van der Waals surface area contributed by atoms with Crippen molar-refractivity contribution in [2.24, 2.45) is 0 Å². The lowest BCUT2D eigenvalue weighted by Gasteiger charge is -2.06. The molecule has 0 atom stereocenters. The summed E-state index contributed by atoms with van der Waals surface area (Å²) in [6.07, 6.45) is 0.157. The highest BCUT2D eigenvalue weighted by molar-refractivity contribution is 7.51. The van der Waals surface area contributed by atoms with Gasteiger partial charge in [-0.1, -0.05) is 17.7 Å². The molecule has 0 spiro atoms. The number of ether oxygens (including phenoxy) is 1. The van der Waals surface area contributed by atoms with E-state index in [1.165, 1.54) is 0 Å². The molecule has 1 aromatic rings. The molecule has 0 fully saturated rings. The summed E-state index contributed by atoms with van der Waals surface area (Å²) >= 11 is 5.73. The van der Waals surface area contributed by atoms with Crippen molar-refractivity contribution in [3.05, 3.63) is 29.3 Å². The Morgan fingerprint density at radius 1 is 1.40 bits per heavy atom. The SMILES string of the molecule is O=P(O)(O)CCCOc1cccc(Cl)c1. The second-order valence-electron chi connectivity index (χ2n) is 3.05. The number of hydrogen-bond donors (Lipinski definition) is 2. The summed E-state index contributed by atoms with van der Waals surface area (Å²) in [5.41, 5.74) is 0. The van der Waals surface area contributed by atoms with Crippen LogP contribution in [-0.4, -0.2) is 22.6 Å². The fourth-order valence-corrected chi connectivity index (χ4v) is 1.74. The van der Waals surface area contributed by atoms with Crippen LogP contribution in [0.1, 0.15) is 6.42 Å². The monoisotopic (exact) mass is 250 g/mol. The second kappa shape index (κ2) is 5.52. The molecule has 2 N–H and O–H groups in total. The predicted molar refractivity (Wildman–Crippen MR) is 58.5 cm³/mol. The molecular weight excluding hydrogens is 239 g/mol. The molecule has 0 radical (unpaired) electrons. The first-order valence-electron chi connectivity index (χ1n) is 4.40. The summed E-state index contributed by atoms with van der Waals surface area (Å²) in [5, 5.41) is 0.572. The van der Waals surface area contributed by atoms with Gasteiger partial charge in [-0.05, 0) is 24.6 Å². The first-order chi connectivity index (χ1) is 6.97. The molecule has 0 unspecified atom stereocenters. The van der Waals surface area contributed by atoms with Gasteiger partial charge in [0.2, 0.25) is 0 Å². The van der Waals surface area contributed by atoms with Crippen LogP contribution >= 0.6 is 19.2 Å². The van der Waals surface area contributed by atoms with Crippen LogP contribution in [0, 0.1) is 0 Å². The molecule has 84 valence electrons. The van der Waals surface area contributed by atoms with Gasteiger partial charge in [0.25, 0.3) is 0 Å². The van der Waals surface area contributed by atoms with E-state index >= 15 is 0 Å². The highest BCUT2D eigenvalue weighted by Crippen LogP contribution is 2.34. The van der Waals surface area contributed by atoms with Gasteiger partial charge in [0.1, 0.15) is 5.75 Å². The van der Waals surface area contributed by atoms with Gasteiger partial charge < -0.3 is 14.5 Å². The zero-order chi connectivity index (χ0) is 11.3. The van der Waals surface area contributed by atoms with Crippen molar-refractivity contribution in [3.63, 3.8) is 0 Å². The molecule has 0 saturated carbocycles. The van der Waals surface area contributed by atoms with Crippen LogP contribution in [-0.2, 0) is 4.57 Å². The van der Waals surface area contributed by atoms with E-state index in [9.17, 15) is 4.57 Å². The Bertz CT molecular complexity index is 363. The summed E-state index contributed by atoms with van der Waals surface area (Å²) in [6, 6.07) is 6.87. The summed E-state index contributed by atoms with van der Waals surface area (Å²) in [4.78, 5) is 17.2. The molecule has 0 amide bonds.